The van der Waals surface area contributed by atoms with E-state index in [0.29, 0.717) is 0 Å². The number of benzene rings is 1. The van der Waals surface area contributed by atoms with E-state index in [1.165, 1.54) is 5.56 Å². The van der Waals surface area contributed by atoms with Crippen LogP contribution in [0.4, 0.5) is 0 Å². The van der Waals surface area contributed by atoms with E-state index in [4.69, 9.17) is 0 Å². The van der Waals surface area contributed by atoms with Crippen molar-refractivity contribution in [3.05, 3.63) is 34.3 Å². The molecule has 0 amide bonds. The third-order valence-electron chi connectivity index (χ3n) is 2.23. The zero-order chi connectivity index (χ0) is 10.9. The molecular weight excluding hydrogens is 252 g/mol. The summed E-state index contributed by atoms with van der Waals surface area (Å²) in [4.78, 5) is 0. The minimum Gasteiger partial charge on any atom is -0.316 e. The second kappa shape index (κ2) is 7.85. The van der Waals surface area contributed by atoms with E-state index < -0.39 is 0 Å². The second-order valence-electron chi connectivity index (χ2n) is 3.48. The molecule has 0 saturated carbocycles. The molecule has 15 heavy (non-hydrogen) atoms. The highest BCUT2D eigenvalue weighted by Crippen LogP contribution is 2.10. The van der Waals surface area contributed by atoms with Crippen LogP contribution in [0.1, 0.15) is 12.5 Å². The molecule has 2 N–H and O–H groups in total. The molecule has 84 valence electrons. The van der Waals surface area contributed by atoms with Gasteiger partial charge in [-0.3, -0.25) is 0 Å². The Balaban J connectivity index is 2.07. The van der Waals surface area contributed by atoms with Crippen molar-refractivity contribution in [2.24, 2.45) is 0 Å². The third-order valence-corrected chi connectivity index (χ3v) is 2.76. The van der Waals surface area contributed by atoms with Gasteiger partial charge in [-0.25, -0.2) is 0 Å². The van der Waals surface area contributed by atoms with E-state index in [2.05, 4.69) is 57.8 Å². The molecule has 3 heteroatoms. The molecule has 0 fully saturated rings. The zero-order valence-corrected chi connectivity index (χ0v) is 10.8. The van der Waals surface area contributed by atoms with E-state index in [9.17, 15) is 0 Å². The first kappa shape index (κ1) is 12.7. The molecule has 1 aromatic carbocycles. The number of hydrogen-bond donors (Lipinski definition) is 2. The highest BCUT2D eigenvalue weighted by Gasteiger charge is 1.92. The summed E-state index contributed by atoms with van der Waals surface area (Å²) in [6.45, 7) is 6.32. The Labute approximate surface area is 101 Å². The maximum Gasteiger partial charge on any atom is 0.0175 e. The van der Waals surface area contributed by atoms with Gasteiger partial charge in [0.1, 0.15) is 0 Å². The van der Waals surface area contributed by atoms with Crippen molar-refractivity contribution in [3.63, 3.8) is 0 Å². The summed E-state index contributed by atoms with van der Waals surface area (Å²) < 4.78 is 1.14. The summed E-state index contributed by atoms with van der Waals surface area (Å²) in [5.74, 6) is 0. The predicted molar refractivity (Wildman–Crippen MR) is 69.3 cm³/mol. The first-order valence-electron chi connectivity index (χ1n) is 5.49. The fraction of sp³-hybridized carbons (Fsp3) is 0.500. The normalized spacial score (nSPS) is 10.5. The molecule has 0 aliphatic heterocycles. The maximum absolute atomic E-state index is 3.43. The van der Waals surface area contributed by atoms with Crippen molar-refractivity contribution in [2.45, 2.75) is 13.3 Å². The number of hydrogen-bond acceptors (Lipinski definition) is 2. The number of rotatable bonds is 7. The lowest BCUT2D eigenvalue weighted by Gasteiger charge is -2.05. The molecule has 1 aromatic rings. The SMILES string of the molecule is CCNCCNCCc1ccc(Br)cc1. The first-order valence-corrected chi connectivity index (χ1v) is 6.28. The van der Waals surface area contributed by atoms with Gasteiger partial charge < -0.3 is 10.6 Å². The van der Waals surface area contributed by atoms with Gasteiger partial charge in [0.05, 0.1) is 0 Å². The quantitative estimate of drug-likeness (QED) is 0.743. The molecule has 0 aliphatic rings. The number of halogens is 1. The fourth-order valence-corrected chi connectivity index (χ4v) is 1.63. The first-order chi connectivity index (χ1) is 7.33. The Kier molecular flexibility index (Phi) is 6.64. The Hall–Kier alpha value is -0.380. The molecule has 2 nitrogen and oxygen atoms in total. The molecule has 0 aliphatic carbocycles. The number of nitrogens with one attached hydrogen (secondary N) is 2. The van der Waals surface area contributed by atoms with Gasteiger partial charge in [0.15, 0.2) is 0 Å². The van der Waals surface area contributed by atoms with E-state index in [1.807, 2.05) is 0 Å². The van der Waals surface area contributed by atoms with Gasteiger partial charge in [0, 0.05) is 17.6 Å². The van der Waals surface area contributed by atoms with Gasteiger partial charge in [-0.2, -0.15) is 0 Å². The lowest BCUT2D eigenvalue weighted by molar-refractivity contribution is 0.624. The van der Waals surface area contributed by atoms with Crippen LogP contribution in [0.5, 0.6) is 0 Å². The Morgan fingerprint density at radius 1 is 1.00 bits per heavy atom. The zero-order valence-electron chi connectivity index (χ0n) is 9.22. The molecule has 0 aromatic heterocycles. The fourth-order valence-electron chi connectivity index (χ4n) is 1.36. The largest absolute Gasteiger partial charge is 0.316 e. The van der Waals surface area contributed by atoms with Crippen molar-refractivity contribution in [2.75, 3.05) is 26.2 Å². The molecule has 0 bridgehead atoms. The van der Waals surface area contributed by atoms with Crippen LogP contribution in [-0.4, -0.2) is 26.2 Å². The van der Waals surface area contributed by atoms with Crippen LogP contribution in [0, 0.1) is 0 Å². The lowest BCUT2D eigenvalue weighted by atomic mass is 10.1. The minimum atomic E-state index is 1.05. The summed E-state index contributed by atoms with van der Waals surface area (Å²) in [6, 6.07) is 8.51. The third kappa shape index (κ3) is 5.92. The van der Waals surface area contributed by atoms with E-state index in [0.717, 1.165) is 37.1 Å². The molecule has 0 saturated heterocycles. The predicted octanol–water partition coefficient (Wildman–Crippen LogP) is 2.19. The van der Waals surface area contributed by atoms with Crippen LogP contribution in [0.15, 0.2) is 28.7 Å². The smallest absolute Gasteiger partial charge is 0.0175 e. The lowest BCUT2D eigenvalue weighted by Crippen LogP contribution is -2.28. The maximum atomic E-state index is 3.43. The highest BCUT2D eigenvalue weighted by molar-refractivity contribution is 9.10. The Bertz CT molecular complexity index is 259. The minimum absolute atomic E-state index is 1.05. The molecule has 0 heterocycles. The van der Waals surface area contributed by atoms with Crippen LogP contribution < -0.4 is 10.6 Å². The van der Waals surface area contributed by atoms with Gasteiger partial charge in [-0.15, -0.1) is 0 Å². The van der Waals surface area contributed by atoms with Gasteiger partial charge in [-0.1, -0.05) is 35.0 Å². The average Bonchev–Trinajstić information content (AvgIpc) is 2.26. The van der Waals surface area contributed by atoms with E-state index in [-0.39, 0.29) is 0 Å². The van der Waals surface area contributed by atoms with Crippen molar-refractivity contribution in [1.82, 2.24) is 10.6 Å². The van der Waals surface area contributed by atoms with Gasteiger partial charge >= 0.3 is 0 Å². The Morgan fingerprint density at radius 3 is 2.33 bits per heavy atom. The van der Waals surface area contributed by atoms with Crippen LogP contribution in [0.25, 0.3) is 0 Å². The van der Waals surface area contributed by atoms with Crippen molar-refractivity contribution >= 4 is 15.9 Å². The van der Waals surface area contributed by atoms with Crippen molar-refractivity contribution in [3.8, 4) is 0 Å². The van der Waals surface area contributed by atoms with E-state index >= 15 is 0 Å². The van der Waals surface area contributed by atoms with Gasteiger partial charge in [-0.05, 0) is 37.2 Å². The van der Waals surface area contributed by atoms with Crippen LogP contribution >= 0.6 is 15.9 Å². The standard InChI is InChI=1S/C12H19BrN2/c1-2-14-9-10-15-8-7-11-3-5-12(13)6-4-11/h3-6,14-15H,2,7-10H2,1H3. The molecule has 0 spiro atoms. The highest BCUT2D eigenvalue weighted by atomic mass is 79.9. The second-order valence-corrected chi connectivity index (χ2v) is 4.40. The van der Waals surface area contributed by atoms with Gasteiger partial charge in [0.2, 0.25) is 0 Å². The topological polar surface area (TPSA) is 24.1 Å². The molecule has 1 rings (SSSR count). The van der Waals surface area contributed by atoms with Crippen LogP contribution in [0.3, 0.4) is 0 Å². The van der Waals surface area contributed by atoms with Crippen LogP contribution in [0.2, 0.25) is 0 Å². The summed E-state index contributed by atoms with van der Waals surface area (Å²) >= 11 is 3.43. The average molecular weight is 271 g/mol. The Morgan fingerprint density at radius 2 is 1.67 bits per heavy atom. The number of likely N-dealkylation sites (N-methyl/N-ethyl adjacent to an activating group) is 1. The molecular formula is C12H19BrN2. The summed E-state index contributed by atoms with van der Waals surface area (Å²) in [7, 11) is 0. The molecule has 0 unspecified atom stereocenters. The van der Waals surface area contributed by atoms with Crippen molar-refractivity contribution < 1.29 is 0 Å². The molecule has 0 radical (unpaired) electrons. The molecule has 0 atom stereocenters. The monoisotopic (exact) mass is 270 g/mol. The summed E-state index contributed by atoms with van der Waals surface area (Å²) in [5.41, 5.74) is 1.38. The van der Waals surface area contributed by atoms with E-state index in [1.54, 1.807) is 0 Å². The van der Waals surface area contributed by atoms with Crippen LogP contribution in [-0.2, 0) is 6.42 Å². The van der Waals surface area contributed by atoms with Crippen molar-refractivity contribution in [1.29, 1.82) is 0 Å². The summed E-state index contributed by atoms with van der Waals surface area (Å²) in [5, 5.41) is 6.69. The van der Waals surface area contributed by atoms with Gasteiger partial charge in [0.25, 0.3) is 0 Å². The summed E-state index contributed by atoms with van der Waals surface area (Å²) in [6.07, 6.45) is 1.10.